The molecule has 2 heterocycles. The number of carbonyl (C=O) groups excluding carboxylic acids is 3. The highest BCUT2D eigenvalue weighted by atomic mass is 16.5. The molecule has 1 saturated carbocycles. The van der Waals surface area contributed by atoms with E-state index in [9.17, 15) is 14.4 Å². The molecule has 4 rings (SSSR count). The summed E-state index contributed by atoms with van der Waals surface area (Å²) in [6, 6.07) is 4.98. The van der Waals surface area contributed by atoms with E-state index < -0.39 is 0 Å². The minimum absolute atomic E-state index is 0.0264. The van der Waals surface area contributed by atoms with E-state index in [0.29, 0.717) is 42.4 Å². The third-order valence-electron chi connectivity index (χ3n) is 6.31. The first kappa shape index (κ1) is 21.6. The third kappa shape index (κ3) is 5.18. The molecule has 1 aromatic rings. The predicted octanol–water partition coefficient (Wildman–Crippen LogP) is 2.33. The van der Waals surface area contributed by atoms with Gasteiger partial charge < -0.3 is 25.0 Å². The van der Waals surface area contributed by atoms with E-state index in [1.54, 1.807) is 37.1 Å². The van der Waals surface area contributed by atoms with Gasteiger partial charge in [0.2, 0.25) is 11.8 Å². The zero-order valence-electron chi connectivity index (χ0n) is 18.2. The maximum atomic E-state index is 13.2. The first-order valence-electron chi connectivity index (χ1n) is 11.2. The van der Waals surface area contributed by atoms with Crippen LogP contribution in [0, 0.1) is 5.92 Å². The van der Waals surface area contributed by atoms with E-state index in [-0.39, 0.29) is 36.0 Å². The Morgan fingerprint density at radius 2 is 1.97 bits per heavy atom. The number of carbonyl (C=O) groups is 3. The Labute approximate surface area is 182 Å². The summed E-state index contributed by atoms with van der Waals surface area (Å²) in [6.45, 7) is 2.84. The van der Waals surface area contributed by atoms with Gasteiger partial charge in [-0.1, -0.05) is 6.92 Å². The van der Waals surface area contributed by atoms with Crippen LogP contribution in [0.5, 0.6) is 5.75 Å². The molecular formula is C23H31N3O5. The quantitative estimate of drug-likeness (QED) is 0.724. The van der Waals surface area contributed by atoms with Crippen LogP contribution in [0.4, 0.5) is 5.69 Å². The van der Waals surface area contributed by atoms with Crippen LogP contribution < -0.4 is 15.4 Å². The molecule has 168 valence electrons. The molecule has 2 N–H and O–H groups in total. The van der Waals surface area contributed by atoms with Crippen LogP contribution in [0.25, 0.3) is 0 Å². The number of ether oxygens (including phenoxy) is 2. The summed E-state index contributed by atoms with van der Waals surface area (Å²) >= 11 is 0. The molecule has 1 aliphatic carbocycles. The van der Waals surface area contributed by atoms with E-state index in [4.69, 9.17) is 9.47 Å². The van der Waals surface area contributed by atoms with Crippen molar-refractivity contribution in [3.05, 3.63) is 23.8 Å². The lowest BCUT2D eigenvalue weighted by atomic mass is 9.94. The lowest BCUT2D eigenvalue weighted by molar-refractivity contribution is -0.134. The molecule has 3 atom stereocenters. The van der Waals surface area contributed by atoms with Gasteiger partial charge in [0.25, 0.3) is 5.91 Å². The summed E-state index contributed by atoms with van der Waals surface area (Å²) in [5.74, 6) is 0.869. The predicted molar refractivity (Wildman–Crippen MR) is 115 cm³/mol. The number of rotatable bonds is 6. The van der Waals surface area contributed by atoms with Crippen molar-refractivity contribution in [3.63, 3.8) is 0 Å². The summed E-state index contributed by atoms with van der Waals surface area (Å²) in [5.41, 5.74) is 1.00. The summed E-state index contributed by atoms with van der Waals surface area (Å²) in [5, 5.41) is 5.78. The molecule has 0 aromatic heterocycles. The average Bonchev–Trinajstić information content (AvgIpc) is 3.59. The highest BCUT2D eigenvalue weighted by Gasteiger charge is 2.39. The molecule has 0 unspecified atom stereocenters. The fourth-order valence-electron chi connectivity index (χ4n) is 4.21. The minimum atomic E-state index is -0.295. The highest BCUT2D eigenvalue weighted by Crippen LogP contribution is 2.32. The van der Waals surface area contributed by atoms with Gasteiger partial charge in [-0.25, -0.2) is 0 Å². The van der Waals surface area contributed by atoms with Crippen molar-refractivity contribution in [2.24, 2.45) is 5.92 Å². The number of fused-ring (bicyclic) bond motifs is 2. The fourth-order valence-corrected chi connectivity index (χ4v) is 4.21. The molecule has 2 fully saturated rings. The van der Waals surface area contributed by atoms with Crippen LogP contribution in [-0.2, 0) is 14.3 Å². The van der Waals surface area contributed by atoms with Gasteiger partial charge in [-0.2, -0.15) is 0 Å². The molecule has 0 spiro atoms. The van der Waals surface area contributed by atoms with Crippen molar-refractivity contribution in [1.29, 1.82) is 0 Å². The second-order valence-corrected chi connectivity index (χ2v) is 8.73. The molecule has 0 bridgehead atoms. The average molecular weight is 430 g/mol. The van der Waals surface area contributed by atoms with E-state index in [0.717, 1.165) is 19.4 Å². The van der Waals surface area contributed by atoms with Gasteiger partial charge in [-0.05, 0) is 49.8 Å². The molecule has 3 amide bonds. The Bertz CT molecular complexity index is 854. The van der Waals surface area contributed by atoms with E-state index in [1.165, 1.54) is 12.8 Å². The number of nitrogens with one attached hydrogen (secondary N) is 2. The van der Waals surface area contributed by atoms with Gasteiger partial charge in [0.15, 0.2) is 0 Å². The molecule has 1 saturated heterocycles. The molecular weight excluding hydrogens is 398 g/mol. The molecule has 8 heteroatoms. The molecule has 0 radical (unpaired) electrons. The number of hydrogen-bond acceptors (Lipinski definition) is 5. The Kier molecular flexibility index (Phi) is 6.46. The van der Waals surface area contributed by atoms with Crippen molar-refractivity contribution in [2.45, 2.75) is 63.7 Å². The Morgan fingerprint density at radius 3 is 2.71 bits per heavy atom. The second kappa shape index (κ2) is 9.26. The number of amides is 3. The lowest BCUT2D eigenvalue weighted by Gasteiger charge is -2.42. The first-order chi connectivity index (χ1) is 14.9. The van der Waals surface area contributed by atoms with Crippen LogP contribution >= 0.6 is 0 Å². The van der Waals surface area contributed by atoms with Crippen molar-refractivity contribution in [2.75, 3.05) is 25.5 Å². The third-order valence-corrected chi connectivity index (χ3v) is 6.31. The summed E-state index contributed by atoms with van der Waals surface area (Å²) in [4.78, 5) is 38.8. The number of benzene rings is 1. The SMILES string of the molecule is CCC(=O)Nc1ccc2c(c1)C(=O)N(C)[C@H]1CC[C@@H](CC(=O)NCC3CC3)O[C@@H]1CO2. The highest BCUT2D eigenvalue weighted by molar-refractivity contribution is 5.99. The van der Waals surface area contributed by atoms with Gasteiger partial charge in [-0.15, -0.1) is 0 Å². The van der Waals surface area contributed by atoms with Gasteiger partial charge in [0.1, 0.15) is 18.5 Å². The van der Waals surface area contributed by atoms with Crippen LogP contribution in [0.1, 0.15) is 55.8 Å². The molecule has 8 nitrogen and oxygen atoms in total. The van der Waals surface area contributed by atoms with E-state index >= 15 is 0 Å². The Balaban J connectivity index is 1.42. The molecule has 1 aromatic carbocycles. The Hall–Kier alpha value is -2.61. The summed E-state index contributed by atoms with van der Waals surface area (Å²) in [6.07, 6.45) is 4.11. The summed E-state index contributed by atoms with van der Waals surface area (Å²) < 4.78 is 12.2. The standard InChI is InChI=1S/C23H31N3O5/c1-3-21(27)25-15-6-9-19-17(10-15)23(29)26(2)18-8-7-16(31-20(18)13-30-19)11-22(28)24-12-14-4-5-14/h6,9-10,14,16,18,20H,3-5,7-8,11-13H2,1-2H3,(H,24,28)(H,25,27)/t16-,18-,20+/m0/s1. The lowest BCUT2D eigenvalue weighted by Crippen LogP contribution is -2.54. The zero-order valence-corrected chi connectivity index (χ0v) is 18.2. The topological polar surface area (TPSA) is 97.0 Å². The molecule has 2 aliphatic heterocycles. The second-order valence-electron chi connectivity index (χ2n) is 8.73. The maximum absolute atomic E-state index is 13.2. The number of hydrogen-bond donors (Lipinski definition) is 2. The van der Waals surface area contributed by atoms with Crippen LogP contribution in [0.2, 0.25) is 0 Å². The first-order valence-corrected chi connectivity index (χ1v) is 11.2. The molecule has 3 aliphatic rings. The number of nitrogens with zero attached hydrogens (tertiary/aromatic N) is 1. The normalized spacial score (nSPS) is 25.4. The number of anilines is 1. The minimum Gasteiger partial charge on any atom is -0.490 e. The monoisotopic (exact) mass is 429 g/mol. The van der Waals surface area contributed by atoms with Crippen molar-refractivity contribution < 1.29 is 23.9 Å². The van der Waals surface area contributed by atoms with E-state index in [2.05, 4.69) is 10.6 Å². The Morgan fingerprint density at radius 1 is 1.16 bits per heavy atom. The van der Waals surface area contributed by atoms with E-state index in [1.807, 2.05) is 0 Å². The summed E-state index contributed by atoms with van der Waals surface area (Å²) in [7, 11) is 1.78. The number of likely N-dealkylation sites (N-methyl/N-ethyl adjacent to an activating group) is 1. The van der Waals surface area contributed by atoms with Crippen LogP contribution in [-0.4, -0.2) is 61.1 Å². The van der Waals surface area contributed by atoms with Crippen LogP contribution in [0.15, 0.2) is 18.2 Å². The van der Waals surface area contributed by atoms with Crippen molar-refractivity contribution >= 4 is 23.4 Å². The molecule has 31 heavy (non-hydrogen) atoms. The fraction of sp³-hybridized carbons (Fsp3) is 0.609. The largest absolute Gasteiger partial charge is 0.490 e. The smallest absolute Gasteiger partial charge is 0.257 e. The van der Waals surface area contributed by atoms with Gasteiger partial charge in [0, 0.05) is 25.7 Å². The van der Waals surface area contributed by atoms with Crippen LogP contribution in [0.3, 0.4) is 0 Å². The zero-order chi connectivity index (χ0) is 22.0. The maximum Gasteiger partial charge on any atom is 0.257 e. The van der Waals surface area contributed by atoms with Gasteiger partial charge in [0.05, 0.1) is 24.1 Å². The van der Waals surface area contributed by atoms with Crippen molar-refractivity contribution in [1.82, 2.24) is 10.2 Å². The van der Waals surface area contributed by atoms with Crippen molar-refractivity contribution in [3.8, 4) is 5.75 Å². The van der Waals surface area contributed by atoms with Gasteiger partial charge in [-0.3, -0.25) is 14.4 Å². The van der Waals surface area contributed by atoms with Gasteiger partial charge >= 0.3 is 0 Å².